The number of aromatic hydroxyl groups is 2. The fraction of sp³-hybridized carbons (Fsp3) is 0.250. The molecule has 0 heterocycles. The van der Waals surface area contributed by atoms with Crippen molar-refractivity contribution in [1.82, 2.24) is 4.17 Å². The van der Waals surface area contributed by atoms with E-state index in [4.69, 9.17) is 24.1 Å². The predicted molar refractivity (Wildman–Crippen MR) is 330 cm³/mol. The van der Waals surface area contributed by atoms with Gasteiger partial charge >= 0.3 is 14.1 Å². The number of aryl methyl sites for hydroxylation is 2. The molecule has 11 heteroatoms. The van der Waals surface area contributed by atoms with Gasteiger partial charge in [-0.15, -0.1) is 4.17 Å². The molecule has 0 spiro atoms. The van der Waals surface area contributed by atoms with Crippen LogP contribution in [0.1, 0.15) is 108 Å². The first kappa shape index (κ1) is 63.4. The minimum absolute atomic E-state index is 0. The summed E-state index contributed by atoms with van der Waals surface area (Å²) in [7, 11) is -4.99. The van der Waals surface area contributed by atoms with Gasteiger partial charge in [0.1, 0.15) is 11.5 Å². The zero-order valence-electron chi connectivity index (χ0n) is 47.0. The molecule has 0 aliphatic heterocycles. The zero-order valence-corrected chi connectivity index (χ0v) is 50.6. The van der Waals surface area contributed by atoms with Crippen LogP contribution in [-0.2, 0) is 32.4 Å². The largest absolute Gasteiger partial charge is 1.00 e. The molecular formula is C68H76ClCoN3O4P2. The van der Waals surface area contributed by atoms with E-state index in [1.54, 1.807) is 0 Å². The number of carbonyl (C=O) groups is 1. The second kappa shape index (κ2) is 28.6. The van der Waals surface area contributed by atoms with Crippen molar-refractivity contribution in [2.45, 2.75) is 111 Å². The van der Waals surface area contributed by atoms with E-state index in [1.807, 2.05) is 31.5 Å². The molecule has 8 aromatic carbocycles. The molecule has 8 aromatic rings. The van der Waals surface area contributed by atoms with Gasteiger partial charge in [-0.3, -0.25) is 14.8 Å². The molecule has 0 amide bonds. The smallest absolute Gasteiger partial charge is 0.301 e. The number of rotatable bonds is 10. The van der Waals surface area contributed by atoms with Gasteiger partial charge in [-0.05, 0) is 139 Å². The summed E-state index contributed by atoms with van der Waals surface area (Å²) in [5.41, 5.74) is 5.51. The van der Waals surface area contributed by atoms with Crippen molar-refractivity contribution in [3.05, 3.63) is 240 Å². The molecule has 1 aliphatic rings. The second-order valence-electron chi connectivity index (χ2n) is 21.8. The van der Waals surface area contributed by atoms with E-state index in [2.05, 4.69) is 243 Å². The molecule has 1 aliphatic carbocycles. The Morgan fingerprint density at radius 2 is 0.810 bits per heavy atom. The van der Waals surface area contributed by atoms with Crippen molar-refractivity contribution >= 4 is 64.3 Å². The topological polar surface area (TPSA) is 117 Å². The van der Waals surface area contributed by atoms with Crippen LogP contribution in [0.4, 0.5) is 0 Å². The number of benzene rings is 8. The number of aliphatic carboxylic acids is 1. The van der Waals surface area contributed by atoms with Crippen molar-refractivity contribution in [2.75, 3.05) is 0 Å². The Hall–Kier alpha value is -6.46. The molecule has 1 fully saturated rings. The summed E-state index contributed by atoms with van der Waals surface area (Å²) in [5.74, 6) is -0.218. The third kappa shape index (κ3) is 15.7. The van der Waals surface area contributed by atoms with E-state index in [0.29, 0.717) is 11.5 Å². The predicted octanol–water partition coefficient (Wildman–Crippen LogP) is 10.7. The fourth-order valence-corrected chi connectivity index (χ4v) is 19.4. The second-order valence-corrected chi connectivity index (χ2v) is 28.2. The minimum atomic E-state index is -2.50. The normalized spacial score (nSPS) is 14.5. The quantitative estimate of drug-likeness (QED) is 0.0718. The fourth-order valence-electron chi connectivity index (χ4n) is 9.87. The third-order valence-corrected chi connectivity index (χ3v) is 22.3. The number of nitrogens with zero attached hydrogens (tertiary/aromatic N) is 3. The Bertz CT molecular complexity index is 3050. The molecule has 7 nitrogen and oxygen atoms in total. The van der Waals surface area contributed by atoms with Crippen molar-refractivity contribution < 1.29 is 49.3 Å². The SMILES string of the molecule is CC(=O)O.Cc1cc(C=NC2CCCCC2N=Cc2cc(C(C)(C)C)cc(C)c2O)c(O)c(C(C)(C)C)c1.[Cl-].[Co].c1ccc(P(=[N+]=P(c2ccccc2)(c2ccccc2)c2ccccc2)(c2ccccc2)c2ccccc2)cc1. The summed E-state index contributed by atoms with van der Waals surface area (Å²) >= 11 is 0. The van der Waals surface area contributed by atoms with E-state index < -0.39 is 20.1 Å². The Morgan fingerprint density at radius 3 is 1.10 bits per heavy atom. The molecule has 0 bridgehead atoms. The summed E-state index contributed by atoms with van der Waals surface area (Å²) in [6.07, 6.45) is 7.88. The van der Waals surface area contributed by atoms with Gasteiger partial charge < -0.3 is 27.7 Å². The number of halogens is 1. The maximum Gasteiger partial charge on any atom is 0.301 e. The number of hydrogen-bond donors (Lipinski definition) is 3. The van der Waals surface area contributed by atoms with Crippen LogP contribution in [0, 0.1) is 13.8 Å². The monoisotopic (exact) mass is 1150 g/mol. The number of carboxylic acid groups (broad SMARTS) is 1. The molecule has 2 atom stereocenters. The van der Waals surface area contributed by atoms with Crippen LogP contribution in [-0.4, -0.2) is 45.8 Å². The van der Waals surface area contributed by atoms with Gasteiger partial charge in [-0.1, -0.05) is 176 Å². The van der Waals surface area contributed by atoms with E-state index in [1.165, 1.54) is 37.4 Å². The van der Waals surface area contributed by atoms with E-state index in [9.17, 15) is 10.2 Å². The number of phenols is 2. The van der Waals surface area contributed by atoms with E-state index >= 15 is 0 Å². The average Bonchev–Trinajstić information content (AvgIpc) is 3.58. The summed E-state index contributed by atoms with van der Waals surface area (Å²) in [5, 5.41) is 36.5. The van der Waals surface area contributed by atoms with Crippen molar-refractivity contribution in [2.24, 2.45) is 9.98 Å². The van der Waals surface area contributed by atoms with Crippen molar-refractivity contribution in [3.63, 3.8) is 0 Å². The molecule has 413 valence electrons. The van der Waals surface area contributed by atoms with Gasteiger partial charge in [-0.2, -0.15) is 0 Å². The van der Waals surface area contributed by atoms with Gasteiger partial charge in [-0.25, -0.2) is 0 Å². The first-order chi connectivity index (χ1) is 36.8. The molecule has 9 rings (SSSR count). The number of carboxylic acids is 1. The molecule has 1 radical (unpaired) electrons. The van der Waals surface area contributed by atoms with Crippen LogP contribution >= 0.6 is 14.1 Å². The standard InChI is InChI=1S/C36H30NP2.C30H42N2O2.C2H4O2.ClH.Co/c1-7-19-31(20-8-1)38(32-21-9-2-10-22-32,33-23-11-3-12-24-33)37-39(34-25-13-4-14-26-34,35-27-15-5-16-28-35)36-29-17-6-18-30-36;1-19-13-21(28(34)24(14-19)30(6,7)8)17-31-25-11-9-10-12-26(25)32-18-22-16-23(29(3,4)5)15-20(2)27(22)33;1-2(3)4;;/h1-30H;13-18,25-26,33-34H,9-12H2,1-8H3;1H3,(H,3,4);1H;/q+1;;;;/p-1. The molecule has 79 heavy (non-hydrogen) atoms. The third-order valence-electron chi connectivity index (χ3n) is 13.8. The van der Waals surface area contributed by atoms with Crippen LogP contribution in [0.3, 0.4) is 0 Å². The number of phenolic OH excluding ortho intramolecular Hbond substituents is 2. The van der Waals surface area contributed by atoms with Crippen LogP contribution in [0.5, 0.6) is 11.5 Å². The summed E-state index contributed by atoms with van der Waals surface area (Å²) < 4.78 is 6.38. The van der Waals surface area contributed by atoms with Crippen LogP contribution in [0.25, 0.3) is 0 Å². The Kier molecular flexibility index (Phi) is 22.9. The van der Waals surface area contributed by atoms with Gasteiger partial charge in [0, 0.05) is 52.8 Å². The minimum Gasteiger partial charge on any atom is -1.00 e. The number of aliphatic imine (C=N–C) groups is 2. The first-order valence-electron chi connectivity index (χ1n) is 26.7. The first-order valence-corrected chi connectivity index (χ1v) is 30.1. The Balaban J connectivity index is 0.000000268. The zero-order chi connectivity index (χ0) is 55.2. The van der Waals surface area contributed by atoms with Crippen molar-refractivity contribution in [3.8, 4) is 11.5 Å². The summed E-state index contributed by atoms with van der Waals surface area (Å²) in [6, 6.07) is 74.0. The summed E-state index contributed by atoms with van der Waals surface area (Å²) in [4.78, 5) is 18.8. The van der Waals surface area contributed by atoms with Crippen LogP contribution in [0.15, 0.2) is 216 Å². The average molecular weight is 1160 g/mol. The van der Waals surface area contributed by atoms with Gasteiger partial charge in [0.05, 0.1) is 43.9 Å². The van der Waals surface area contributed by atoms with Crippen LogP contribution in [0.2, 0.25) is 0 Å². The number of hydrogen-bond acceptors (Lipinski definition) is 5. The van der Waals surface area contributed by atoms with E-state index in [-0.39, 0.29) is 52.1 Å². The maximum atomic E-state index is 10.9. The Morgan fingerprint density at radius 1 is 0.506 bits per heavy atom. The Labute approximate surface area is 486 Å². The van der Waals surface area contributed by atoms with Crippen LogP contribution < -0.4 is 48.4 Å². The molecule has 3 N–H and O–H groups in total. The molecular weight excluding hydrogens is 1080 g/mol. The van der Waals surface area contributed by atoms with E-state index in [0.717, 1.165) is 60.4 Å². The molecule has 1 saturated carbocycles. The van der Waals surface area contributed by atoms with Crippen molar-refractivity contribution in [1.29, 1.82) is 0 Å². The molecule has 0 aromatic heterocycles. The van der Waals surface area contributed by atoms with Gasteiger partial charge in [0.2, 0.25) is 0 Å². The molecule has 0 saturated heterocycles. The summed E-state index contributed by atoms with van der Waals surface area (Å²) in [6.45, 7) is 17.9. The maximum absolute atomic E-state index is 10.9. The molecule has 2 unspecified atom stereocenters. The van der Waals surface area contributed by atoms with Gasteiger partial charge in [0.25, 0.3) is 5.97 Å². The van der Waals surface area contributed by atoms with Gasteiger partial charge in [0.15, 0.2) is 0 Å².